The molecule has 0 aromatic carbocycles. The molecule has 1 saturated carbocycles. The highest BCUT2D eigenvalue weighted by molar-refractivity contribution is 5.74. The van der Waals surface area contributed by atoms with Gasteiger partial charge in [-0.15, -0.1) is 0 Å². The third kappa shape index (κ3) is 3.03. The summed E-state index contributed by atoms with van der Waals surface area (Å²) in [5.41, 5.74) is 1.12. The number of likely N-dealkylation sites (N-methyl/N-ethyl adjacent to an activating group) is 1. The van der Waals surface area contributed by atoms with Gasteiger partial charge in [0, 0.05) is 18.9 Å². The van der Waals surface area contributed by atoms with Crippen LogP contribution in [0.5, 0.6) is 0 Å². The second-order valence-electron chi connectivity index (χ2n) is 4.54. The summed E-state index contributed by atoms with van der Waals surface area (Å²) < 4.78 is 0. The van der Waals surface area contributed by atoms with Crippen LogP contribution in [0.4, 0.5) is 0 Å². The lowest BCUT2D eigenvalue weighted by molar-refractivity contribution is -0.144. The van der Waals surface area contributed by atoms with Crippen LogP contribution in [-0.4, -0.2) is 33.5 Å². The Bertz CT molecular complexity index is 376. The van der Waals surface area contributed by atoms with Crippen molar-refractivity contribution >= 4 is 5.97 Å². The van der Waals surface area contributed by atoms with E-state index in [-0.39, 0.29) is 6.04 Å². The van der Waals surface area contributed by atoms with Crippen LogP contribution in [0.15, 0.2) is 24.5 Å². The van der Waals surface area contributed by atoms with Crippen molar-refractivity contribution in [3.63, 3.8) is 0 Å². The number of carboxylic acids is 1. The number of hydrogen-bond acceptors (Lipinski definition) is 3. The lowest BCUT2D eigenvalue weighted by atomic mass is 10.1. The number of pyridine rings is 1. The van der Waals surface area contributed by atoms with E-state index in [9.17, 15) is 9.90 Å². The van der Waals surface area contributed by atoms with Gasteiger partial charge < -0.3 is 5.11 Å². The van der Waals surface area contributed by atoms with Crippen molar-refractivity contribution in [2.45, 2.75) is 32.4 Å². The molecule has 0 radical (unpaired) electrons. The van der Waals surface area contributed by atoms with Crippen molar-refractivity contribution in [1.29, 1.82) is 0 Å². The summed E-state index contributed by atoms with van der Waals surface area (Å²) in [4.78, 5) is 17.3. The molecule has 1 aromatic rings. The van der Waals surface area contributed by atoms with Gasteiger partial charge in [-0.05, 0) is 43.0 Å². The monoisotopic (exact) mass is 234 g/mol. The first-order chi connectivity index (χ1) is 8.22. The standard InChI is InChI=1S/C13H18N2O2/c1-2-15(9-10-5-7-14-8-6-10)12(13(16)17)11-3-4-11/h5-8,11-12H,2-4,9H2,1H3,(H,16,17). The molecule has 1 atom stereocenters. The molecule has 1 aliphatic rings. The average Bonchev–Trinajstić information content (AvgIpc) is 3.13. The smallest absolute Gasteiger partial charge is 0.321 e. The fourth-order valence-electron chi connectivity index (χ4n) is 2.20. The maximum Gasteiger partial charge on any atom is 0.321 e. The van der Waals surface area contributed by atoms with E-state index in [1.165, 1.54) is 0 Å². The molecule has 0 spiro atoms. The number of carbonyl (C=O) groups is 1. The summed E-state index contributed by atoms with van der Waals surface area (Å²) in [7, 11) is 0. The van der Waals surface area contributed by atoms with Crippen LogP contribution in [0.2, 0.25) is 0 Å². The van der Waals surface area contributed by atoms with Crippen molar-refractivity contribution in [2.24, 2.45) is 5.92 Å². The number of aromatic nitrogens is 1. The summed E-state index contributed by atoms with van der Waals surface area (Å²) in [5, 5.41) is 9.31. The van der Waals surface area contributed by atoms with Crippen LogP contribution < -0.4 is 0 Å². The molecule has 1 N–H and O–H groups in total. The molecule has 0 saturated heterocycles. The van der Waals surface area contributed by atoms with Gasteiger partial charge >= 0.3 is 5.97 Å². The maximum absolute atomic E-state index is 11.3. The van der Waals surface area contributed by atoms with Gasteiger partial charge in [0.2, 0.25) is 0 Å². The predicted octanol–water partition coefficient (Wildman–Crippen LogP) is 1.77. The topological polar surface area (TPSA) is 53.4 Å². The van der Waals surface area contributed by atoms with Gasteiger partial charge in [0.05, 0.1) is 0 Å². The molecule has 0 bridgehead atoms. The molecular formula is C13H18N2O2. The van der Waals surface area contributed by atoms with Crippen LogP contribution in [0.25, 0.3) is 0 Å². The van der Waals surface area contributed by atoms with Crippen LogP contribution >= 0.6 is 0 Å². The van der Waals surface area contributed by atoms with Crippen molar-refractivity contribution < 1.29 is 9.90 Å². The number of nitrogens with zero attached hydrogens (tertiary/aromatic N) is 2. The minimum atomic E-state index is -0.691. The Balaban J connectivity index is 2.07. The third-order valence-corrected chi connectivity index (χ3v) is 3.26. The largest absolute Gasteiger partial charge is 0.480 e. The lowest BCUT2D eigenvalue weighted by Crippen LogP contribution is -2.42. The first kappa shape index (κ1) is 12.0. The minimum absolute atomic E-state index is 0.326. The number of carboxylic acid groups (broad SMARTS) is 1. The van der Waals surface area contributed by atoms with E-state index in [1.54, 1.807) is 12.4 Å². The fraction of sp³-hybridized carbons (Fsp3) is 0.538. The molecule has 17 heavy (non-hydrogen) atoms. The van der Waals surface area contributed by atoms with E-state index >= 15 is 0 Å². The van der Waals surface area contributed by atoms with E-state index in [1.807, 2.05) is 24.0 Å². The van der Waals surface area contributed by atoms with Crippen molar-refractivity contribution in [3.05, 3.63) is 30.1 Å². The zero-order valence-corrected chi connectivity index (χ0v) is 10.0. The Morgan fingerprint density at radius 1 is 1.53 bits per heavy atom. The molecule has 4 heteroatoms. The summed E-state index contributed by atoms with van der Waals surface area (Å²) >= 11 is 0. The van der Waals surface area contributed by atoms with E-state index in [4.69, 9.17) is 0 Å². The lowest BCUT2D eigenvalue weighted by Gasteiger charge is -2.27. The van der Waals surface area contributed by atoms with Crippen molar-refractivity contribution in [2.75, 3.05) is 6.54 Å². The Labute approximate surface area is 101 Å². The Kier molecular flexibility index (Phi) is 3.74. The SMILES string of the molecule is CCN(Cc1ccncc1)C(C(=O)O)C1CC1. The molecule has 0 amide bonds. The summed E-state index contributed by atoms with van der Waals surface area (Å²) in [6.07, 6.45) is 5.58. The molecule has 92 valence electrons. The summed E-state index contributed by atoms with van der Waals surface area (Å²) in [5.74, 6) is -0.349. The molecule has 1 aromatic heterocycles. The van der Waals surface area contributed by atoms with Gasteiger partial charge in [-0.25, -0.2) is 0 Å². The molecule has 4 nitrogen and oxygen atoms in total. The molecule has 0 aliphatic heterocycles. The van der Waals surface area contributed by atoms with Gasteiger partial charge in [-0.2, -0.15) is 0 Å². The molecule has 2 rings (SSSR count). The van der Waals surface area contributed by atoms with Gasteiger partial charge in [0.1, 0.15) is 6.04 Å². The highest BCUT2D eigenvalue weighted by Gasteiger charge is 2.39. The maximum atomic E-state index is 11.3. The molecule has 1 aliphatic carbocycles. The van der Waals surface area contributed by atoms with E-state index in [2.05, 4.69) is 4.98 Å². The Hall–Kier alpha value is -1.42. The van der Waals surface area contributed by atoms with Crippen molar-refractivity contribution in [1.82, 2.24) is 9.88 Å². The van der Waals surface area contributed by atoms with Crippen LogP contribution in [0.3, 0.4) is 0 Å². The zero-order valence-electron chi connectivity index (χ0n) is 10.0. The van der Waals surface area contributed by atoms with Gasteiger partial charge in [-0.1, -0.05) is 6.92 Å². The summed E-state index contributed by atoms with van der Waals surface area (Å²) in [6, 6.07) is 3.55. The third-order valence-electron chi connectivity index (χ3n) is 3.26. The van der Waals surface area contributed by atoms with Gasteiger partial charge in [0.15, 0.2) is 0 Å². The second kappa shape index (κ2) is 5.27. The second-order valence-corrected chi connectivity index (χ2v) is 4.54. The predicted molar refractivity (Wildman–Crippen MR) is 64.5 cm³/mol. The Morgan fingerprint density at radius 3 is 2.65 bits per heavy atom. The van der Waals surface area contributed by atoms with E-state index < -0.39 is 5.97 Å². The quantitative estimate of drug-likeness (QED) is 0.815. The highest BCUT2D eigenvalue weighted by Crippen LogP contribution is 2.36. The Morgan fingerprint density at radius 2 is 2.18 bits per heavy atom. The number of hydrogen-bond donors (Lipinski definition) is 1. The zero-order chi connectivity index (χ0) is 12.3. The number of aliphatic carboxylic acids is 1. The molecule has 1 unspecified atom stereocenters. The van der Waals surface area contributed by atoms with Crippen LogP contribution in [0.1, 0.15) is 25.3 Å². The van der Waals surface area contributed by atoms with Gasteiger partial charge in [0.25, 0.3) is 0 Å². The minimum Gasteiger partial charge on any atom is -0.480 e. The average molecular weight is 234 g/mol. The normalized spacial score (nSPS) is 17.1. The van der Waals surface area contributed by atoms with Crippen molar-refractivity contribution in [3.8, 4) is 0 Å². The molecule has 1 heterocycles. The molecular weight excluding hydrogens is 216 g/mol. The van der Waals surface area contributed by atoms with Crippen LogP contribution in [0, 0.1) is 5.92 Å². The van der Waals surface area contributed by atoms with Crippen LogP contribution in [-0.2, 0) is 11.3 Å². The summed E-state index contributed by atoms with van der Waals surface area (Å²) in [6.45, 7) is 3.46. The highest BCUT2D eigenvalue weighted by atomic mass is 16.4. The fourth-order valence-corrected chi connectivity index (χ4v) is 2.20. The first-order valence-corrected chi connectivity index (χ1v) is 6.08. The first-order valence-electron chi connectivity index (χ1n) is 6.08. The van der Waals surface area contributed by atoms with Gasteiger partial charge in [-0.3, -0.25) is 14.7 Å². The van der Waals surface area contributed by atoms with E-state index in [0.29, 0.717) is 12.5 Å². The number of rotatable bonds is 6. The molecule has 1 fully saturated rings. The van der Waals surface area contributed by atoms with E-state index in [0.717, 1.165) is 24.9 Å².